The van der Waals surface area contributed by atoms with Crippen molar-refractivity contribution in [3.8, 4) is 0 Å². The summed E-state index contributed by atoms with van der Waals surface area (Å²) in [5, 5.41) is 21.5. The highest BCUT2D eigenvalue weighted by atomic mass is 16.5. The van der Waals surface area contributed by atoms with Gasteiger partial charge in [0.25, 0.3) is 0 Å². The number of esters is 2. The maximum atomic E-state index is 15.3. The lowest BCUT2D eigenvalue weighted by Gasteiger charge is -2.41. The van der Waals surface area contributed by atoms with Crippen LogP contribution in [0.25, 0.3) is 21.5 Å². The highest BCUT2D eigenvalue weighted by Gasteiger charge is 2.48. The van der Waals surface area contributed by atoms with Crippen LogP contribution in [0.5, 0.6) is 0 Å². The molecule has 0 bridgehead atoms. The molecule has 1 saturated heterocycles. The number of likely N-dealkylation sites (tertiary alicyclic amines) is 1. The Morgan fingerprint density at radius 3 is 1.43 bits per heavy atom. The number of carbonyl (C=O) groups excluding carboxylic acids is 8. The zero-order valence-electron chi connectivity index (χ0n) is 48.7. The zero-order chi connectivity index (χ0) is 59.1. The molecule has 0 aliphatic carbocycles. The molecule has 0 unspecified atom stereocenters. The number of benzene rings is 5. The van der Waals surface area contributed by atoms with E-state index in [9.17, 15) is 28.8 Å². The first kappa shape index (κ1) is 60.9. The largest absolute Gasteiger partial charge is 0.467 e. The Morgan fingerprint density at radius 1 is 0.543 bits per heavy atom. The minimum atomic E-state index is -1.14. The van der Waals surface area contributed by atoms with E-state index in [1.807, 2.05) is 145 Å². The molecule has 18 nitrogen and oxygen atoms in total. The van der Waals surface area contributed by atoms with Crippen molar-refractivity contribution in [2.75, 3.05) is 34.9 Å². The molecule has 9 atom stereocenters. The van der Waals surface area contributed by atoms with Crippen LogP contribution in [0, 0.1) is 10.8 Å². The maximum Gasteiger partial charge on any atom is 0.328 e. The molecule has 0 saturated carbocycles. The van der Waals surface area contributed by atoms with Gasteiger partial charge in [-0.25, -0.2) is 9.59 Å². The van der Waals surface area contributed by atoms with Gasteiger partial charge in [0.05, 0.1) is 26.3 Å². The van der Waals surface area contributed by atoms with Gasteiger partial charge in [-0.15, -0.1) is 0 Å². The van der Waals surface area contributed by atoms with Gasteiger partial charge in [0.15, 0.2) is 0 Å². The van der Waals surface area contributed by atoms with E-state index in [4.69, 9.17) is 9.47 Å². The first-order chi connectivity index (χ1) is 38.3. The van der Waals surface area contributed by atoms with E-state index in [1.165, 1.54) is 24.0 Å². The molecule has 2 aliphatic heterocycles. The number of hydrogen-bond acceptors (Lipinski definition) is 12. The molecule has 6 N–H and O–H groups in total. The number of ether oxygens (including phenoxy) is 2. The van der Waals surface area contributed by atoms with E-state index < -0.39 is 112 Å². The Labute approximate surface area is 475 Å². The van der Waals surface area contributed by atoms with Crippen molar-refractivity contribution in [2.24, 2.45) is 10.8 Å². The fourth-order valence-corrected chi connectivity index (χ4v) is 10.7. The molecule has 1 fully saturated rings. The quantitative estimate of drug-likeness (QED) is 0.0600. The lowest BCUT2D eigenvalue weighted by atomic mass is 9.83. The molecule has 18 heteroatoms. The fraction of sp³-hybridized carbons (Fsp3) is 0.460. The van der Waals surface area contributed by atoms with Crippen molar-refractivity contribution in [1.82, 2.24) is 41.7 Å². The number of fused-ring (bicyclic) bond motifs is 3. The summed E-state index contributed by atoms with van der Waals surface area (Å²) >= 11 is 0. The highest BCUT2D eigenvalue weighted by Crippen LogP contribution is 2.37. The Balaban J connectivity index is 1.24. The van der Waals surface area contributed by atoms with Crippen LogP contribution in [0.4, 0.5) is 0 Å². The molecule has 2 aliphatic rings. The number of likely N-dealkylation sites (N-methyl/N-ethyl adjacent to an activating group) is 2. The molecule has 2 heterocycles. The van der Waals surface area contributed by atoms with Crippen LogP contribution in [0.3, 0.4) is 0 Å². The first-order valence-electron chi connectivity index (χ1n) is 27.7. The maximum absolute atomic E-state index is 15.3. The number of carbonyl (C=O) groups is 8. The lowest BCUT2D eigenvalue weighted by Crippen LogP contribution is -2.62. The molecule has 5 aromatic rings. The van der Waals surface area contributed by atoms with Gasteiger partial charge in [-0.1, -0.05) is 145 Å². The SMILES string of the molecule is CN[C@@H](C)C(=O)N[C@H](C(=O)N1Cc2cc([C@H]3C[C@@H](C(=O)N[C@@H](Cc4ccc5ccccc5c4)C(=O)OC)N(C(=O)[C@@H](NC(=O)[C@H](C)NC)C(C)(C)C)C3)ccc2C[C@H]1C(=O)N[C@@H](Cc1ccc2ccccc2c1)C(=O)OC)C(C)(C)C. The van der Waals surface area contributed by atoms with Gasteiger partial charge in [0, 0.05) is 38.3 Å². The van der Waals surface area contributed by atoms with Crippen molar-refractivity contribution in [2.45, 2.75) is 142 Å². The van der Waals surface area contributed by atoms with Crippen LogP contribution in [0.15, 0.2) is 103 Å². The van der Waals surface area contributed by atoms with Crippen molar-refractivity contribution in [3.63, 3.8) is 0 Å². The molecule has 5 aromatic carbocycles. The lowest BCUT2D eigenvalue weighted by molar-refractivity contribution is -0.149. The summed E-state index contributed by atoms with van der Waals surface area (Å²) < 4.78 is 10.4. The van der Waals surface area contributed by atoms with Gasteiger partial charge in [0.2, 0.25) is 35.4 Å². The zero-order valence-corrected chi connectivity index (χ0v) is 48.7. The van der Waals surface area contributed by atoms with E-state index in [1.54, 1.807) is 27.9 Å². The van der Waals surface area contributed by atoms with Crippen molar-refractivity contribution < 1.29 is 47.8 Å². The summed E-state index contributed by atoms with van der Waals surface area (Å²) in [5.74, 6) is -4.78. The highest BCUT2D eigenvalue weighted by molar-refractivity contribution is 5.97. The number of amides is 6. The first-order valence-corrected chi connectivity index (χ1v) is 27.7. The minimum Gasteiger partial charge on any atom is -0.467 e. The molecule has 81 heavy (non-hydrogen) atoms. The van der Waals surface area contributed by atoms with E-state index in [0.717, 1.165) is 43.8 Å². The summed E-state index contributed by atoms with van der Waals surface area (Å²) in [6, 6.07) is 25.0. The smallest absolute Gasteiger partial charge is 0.328 e. The Hall–Kier alpha value is -7.70. The third-order valence-electron chi connectivity index (χ3n) is 15.9. The second-order valence-electron chi connectivity index (χ2n) is 23.7. The monoisotopic (exact) mass is 1110 g/mol. The van der Waals surface area contributed by atoms with Crippen LogP contribution in [0.2, 0.25) is 0 Å². The molecule has 7 rings (SSSR count). The Kier molecular flexibility index (Phi) is 19.4. The topological polar surface area (TPSA) is 234 Å². The van der Waals surface area contributed by atoms with Gasteiger partial charge in [0.1, 0.15) is 36.3 Å². The molecule has 6 amide bonds. The van der Waals surface area contributed by atoms with Gasteiger partial charge in [-0.3, -0.25) is 28.8 Å². The average Bonchev–Trinajstić information content (AvgIpc) is 4.18. The summed E-state index contributed by atoms with van der Waals surface area (Å²) in [7, 11) is 5.78. The van der Waals surface area contributed by atoms with Crippen LogP contribution in [0.1, 0.15) is 95.5 Å². The van der Waals surface area contributed by atoms with Crippen molar-refractivity contribution in [3.05, 3.63) is 131 Å². The standard InChI is InChI=1S/C63H80N8O10/c1-36(64-9)54(72)68-52(62(3,4)5)58(76)70-34-46-31-44(25-26-45(46)32-50(70)56(74)66-48(60(78)80-11)29-38-21-23-40-17-13-15-19-42(40)27-38)47-33-51(71(35-47)59(77)53(63(6,7)8)69-55(73)37(2)65-10)57(75)67-49(61(79)81-12)30-39-22-24-41-18-14-16-20-43(41)28-39/h13-28,31,36-37,47-53,64-65H,29-30,32-35H2,1-12H3,(H,66,74)(H,67,75)(H,68,72)(H,69,73)/t36-,37-,47-,48-,49-,50-,51-,52+,53+/m0/s1. The van der Waals surface area contributed by atoms with Crippen LogP contribution >= 0.6 is 0 Å². The third-order valence-corrected chi connectivity index (χ3v) is 15.9. The fourth-order valence-electron chi connectivity index (χ4n) is 10.7. The van der Waals surface area contributed by atoms with Gasteiger partial charge in [-0.05, 0) is 94.6 Å². The van der Waals surface area contributed by atoms with E-state index in [0.29, 0.717) is 5.56 Å². The summed E-state index contributed by atoms with van der Waals surface area (Å²) in [4.78, 5) is 117. The normalized spacial score (nSPS) is 18.5. The molecule has 432 valence electrons. The second kappa shape index (κ2) is 25.8. The number of hydrogen-bond donors (Lipinski definition) is 6. The van der Waals surface area contributed by atoms with Gasteiger partial charge in [-0.2, -0.15) is 0 Å². The number of methoxy groups -OCH3 is 2. The van der Waals surface area contributed by atoms with Crippen molar-refractivity contribution >= 4 is 68.9 Å². The van der Waals surface area contributed by atoms with E-state index >= 15 is 9.59 Å². The van der Waals surface area contributed by atoms with Gasteiger partial charge >= 0.3 is 11.9 Å². The summed E-state index contributed by atoms with van der Waals surface area (Å²) in [6.07, 6.45) is 0.383. The third kappa shape index (κ3) is 14.4. The molecule has 0 spiro atoms. The molecular formula is C63H80N8O10. The predicted molar refractivity (Wildman–Crippen MR) is 310 cm³/mol. The van der Waals surface area contributed by atoms with Crippen LogP contribution < -0.4 is 31.9 Å². The number of nitrogens with one attached hydrogen (secondary N) is 6. The average molecular weight is 1110 g/mol. The van der Waals surface area contributed by atoms with Crippen molar-refractivity contribution in [1.29, 1.82) is 0 Å². The second-order valence-corrected chi connectivity index (χ2v) is 23.7. The van der Waals surface area contributed by atoms with Crippen LogP contribution in [-0.2, 0) is 73.6 Å². The number of rotatable bonds is 19. The molecule has 0 aromatic heterocycles. The van der Waals surface area contributed by atoms with Crippen LogP contribution in [-0.4, -0.2) is 140 Å². The molecule has 0 radical (unpaired) electrons. The Morgan fingerprint density at radius 2 is 0.988 bits per heavy atom. The summed E-state index contributed by atoms with van der Waals surface area (Å²) in [6.45, 7) is 14.3. The van der Waals surface area contributed by atoms with E-state index in [2.05, 4.69) is 31.9 Å². The van der Waals surface area contributed by atoms with E-state index in [-0.39, 0.29) is 38.8 Å². The predicted octanol–water partition coefficient (Wildman–Crippen LogP) is 5.01. The minimum absolute atomic E-state index is 0.0409. The van der Waals surface area contributed by atoms with Gasteiger partial charge < -0.3 is 51.2 Å². The molecular weight excluding hydrogens is 1030 g/mol. The Bertz CT molecular complexity index is 3170. The number of nitrogens with zero attached hydrogens (tertiary/aromatic N) is 2. The summed E-state index contributed by atoms with van der Waals surface area (Å²) in [5.41, 5.74) is 2.11.